The Bertz CT molecular complexity index is 938. The Labute approximate surface area is 165 Å². The third-order valence-corrected chi connectivity index (χ3v) is 5.46. The zero-order valence-electron chi connectivity index (χ0n) is 16.1. The fourth-order valence-corrected chi connectivity index (χ4v) is 3.97. The second-order valence-corrected chi connectivity index (χ2v) is 7.28. The van der Waals surface area contributed by atoms with Crippen molar-refractivity contribution >= 4 is 5.91 Å². The van der Waals surface area contributed by atoms with Crippen LogP contribution in [-0.4, -0.2) is 51.8 Å². The van der Waals surface area contributed by atoms with Crippen molar-refractivity contribution in [2.45, 2.75) is 19.3 Å². The van der Waals surface area contributed by atoms with Gasteiger partial charge in [-0.25, -0.2) is 0 Å². The second-order valence-electron chi connectivity index (χ2n) is 7.28. The van der Waals surface area contributed by atoms with Gasteiger partial charge < -0.3 is 10.2 Å². The molecule has 1 N–H and O–H groups in total. The molecule has 1 aromatic heterocycles. The summed E-state index contributed by atoms with van der Waals surface area (Å²) in [5, 5.41) is 10.7. The highest BCUT2D eigenvalue weighted by Crippen LogP contribution is 2.28. The third kappa shape index (κ3) is 3.97. The first-order chi connectivity index (χ1) is 13.7. The Balaban J connectivity index is 1.32. The molecule has 1 fully saturated rings. The van der Waals surface area contributed by atoms with E-state index in [9.17, 15) is 4.79 Å². The molecular weight excluding hydrogens is 350 g/mol. The molecule has 6 heteroatoms. The first-order valence-electron chi connectivity index (χ1n) is 9.72. The van der Waals surface area contributed by atoms with Gasteiger partial charge in [-0.3, -0.25) is 9.36 Å². The van der Waals surface area contributed by atoms with Crippen LogP contribution in [0.3, 0.4) is 0 Å². The number of likely N-dealkylation sites (tertiary alicyclic amines) is 1. The van der Waals surface area contributed by atoms with Crippen molar-refractivity contribution in [1.29, 1.82) is 0 Å². The Kier molecular flexibility index (Phi) is 5.48. The van der Waals surface area contributed by atoms with Crippen LogP contribution in [0.1, 0.15) is 33.8 Å². The number of carbonyl (C=O) groups is 1. The van der Waals surface area contributed by atoms with Crippen molar-refractivity contribution in [2.24, 2.45) is 0 Å². The van der Waals surface area contributed by atoms with Crippen LogP contribution in [0, 0.1) is 6.92 Å². The monoisotopic (exact) mass is 375 g/mol. The smallest absolute Gasteiger partial charge is 0.253 e. The zero-order valence-corrected chi connectivity index (χ0v) is 16.1. The molecule has 2 aromatic carbocycles. The van der Waals surface area contributed by atoms with Gasteiger partial charge in [-0.05, 0) is 49.1 Å². The highest BCUT2D eigenvalue weighted by Gasteiger charge is 2.24. The van der Waals surface area contributed by atoms with Crippen LogP contribution in [0.15, 0.2) is 61.2 Å². The van der Waals surface area contributed by atoms with E-state index in [0.29, 0.717) is 18.0 Å². The molecular formula is C22H25N5O. The van der Waals surface area contributed by atoms with E-state index in [1.165, 1.54) is 17.5 Å². The van der Waals surface area contributed by atoms with Crippen LogP contribution in [0.4, 0.5) is 0 Å². The van der Waals surface area contributed by atoms with E-state index < -0.39 is 0 Å². The molecule has 0 unspecified atom stereocenters. The summed E-state index contributed by atoms with van der Waals surface area (Å²) < 4.78 is 1.75. The fraction of sp³-hybridized carbons (Fsp3) is 0.318. The number of benzene rings is 2. The Hall–Kier alpha value is -2.99. The predicted molar refractivity (Wildman–Crippen MR) is 109 cm³/mol. The molecule has 0 aliphatic carbocycles. The maximum atomic E-state index is 12.7. The first kappa shape index (κ1) is 18.4. The second kappa shape index (κ2) is 8.35. The van der Waals surface area contributed by atoms with Gasteiger partial charge in [0, 0.05) is 19.6 Å². The largest absolute Gasteiger partial charge is 0.351 e. The maximum absolute atomic E-state index is 12.7. The highest BCUT2D eigenvalue weighted by atomic mass is 16.1. The Morgan fingerprint density at radius 2 is 1.86 bits per heavy atom. The van der Waals surface area contributed by atoms with Crippen molar-refractivity contribution < 1.29 is 4.79 Å². The van der Waals surface area contributed by atoms with Gasteiger partial charge in [-0.2, -0.15) is 0 Å². The number of hydrogen-bond acceptors (Lipinski definition) is 4. The van der Waals surface area contributed by atoms with Crippen molar-refractivity contribution in [3.63, 3.8) is 0 Å². The van der Waals surface area contributed by atoms with Crippen molar-refractivity contribution in [3.8, 4) is 5.69 Å². The van der Waals surface area contributed by atoms with Crippen molar-refractivity contribution in [2.75, 3.05) is 26.2 Å². The minimum atomic E-state index is -0.0704. The number of aryl methyl sites for hydroxylation is 1. The van der Waals surface area contributed by atoms with E-state index >= 15 is 0 Å². The number of aromatic nitrogens is 3. The topological polar surface area (TPSA) is 63.1 Å². The van der Waals surface area contributed by atoms with Crippen LogP contribution < -0.4 is 5.32 Å². The van der Waals surface area contributed by atoms with Crippen molar-refractivity contribution in [3.05, 3.63) is 77.9 Å². The molecule has 2 heterocycles. The number of nitrogens with one attached hydrogen (secondary N) is 1. The normalized spacial score (nSPS) is 17.0. The molecule has 1 aliphatic heterocycles. The summed E-state index contributed by atoms with van der Waals surface area (Å²) in [6, 6.07) is 16.1. The lowest BCUT2D eigenvalue weighted by molar-refractivity contribution is 0.0949. The molecule has 144 valence electrons. The van der Waals surface area contributed by atoms with Gasteiger partial charge in [-0.1, -0.05) is 36.4 Å². The fourth-order valence-electron chi connectivity index (χ4n) is 3.97. The summed E-state index contributed by atoms with van der Waals surface area (Å²) in [4.78, 5) is 15.1. The quantitative estimate of drug-likeness (QED) is 0.720. The van der Waals surface area contributed by atoms with Crippen LogP contribution in [-0.2, 0) is 0 Å². The van der Waals surface area contributed by atoms with E-state index in [1.54, 1.807) is 17.2 Å². The summed E-state index contributed by atoms with van der Waals surface area (Å²) in [6.07, 6.45) is 4.37. The van der Waals surface area contributed by atoms with Crippen molar-refractivity contribution in [1.82, 2.24) is 25.0 Å². The predicted octanol–water partition coefficient (Wildman–Crippen LogP) is 2.80. The summed E-state index contributed by atoms with van der Waals surface area (Å²) in [5.41, 5.74) is 4.23. The molecule has 6 nitrogen and oxygen atoms in total. The maximum Gasteiger partial charge on any atom is 0.253 e. The van der Waals surface area contributed by atoms with Gasteiger partial charge in [0.05, 0.1) is 11.3 Å². The Morgan fingerprint density at radius 1 is 1.11 bits per heavy atom. The molecule has 1 aliphatic rings. The van der Waals surface area contributed by atoms with Crippen LogP contribution in [0.2, 0.25) is 0 Å². The first-order valence-corrected chi connectivity index (χ1v) is 9.72. The molecule has 0 spiro atoms. The lowest BCUT2D eigenvalue weighted by atomic mass is 9.94. The molecule has 1 amide bonds. The SMILES string of the molecule is Cc1ccccc1[C@@H]1CCN(CCNC(=O)c2ccccc2-n2cnnc2)C1. The molecule has 28 heavy (non-hydrogen) atoms. The van der Waals surface area contributed by atoms with Crippen LogP contribution >= 0.6 is 0 Å². The number of para-hydroxylation sites is 1. The number of amides is 1. The van der Waals surface area contributed by atoms with E-state index in [4.69, 9.17) is 0 Å². The van der Waals surface area contributed by atoms with Crippen LogP contribution in [0.25, 0.3) is 5.69 Å². The average Bonchev–Trinajstić information content (AvgIpc) is 3.41. The zero-order chi connectivity index (χ0) is 19.3. The molecule has 1 saturated heterocycles. The van der Waals surface area contributed by atoms with E-state index in [2.05, 4.69) is 51.6 Å². The lowest BCUT2D eigenvalue weighted by Crippen LogP contribution is -2.34. The molecule has 3 aromatic rings. The number of carbonyl (C=O) groups excluding carboxylic acids is 1. The molecule has 0 saturated carbocycles. The highest BCUT2D eigenvalue weighted by molar-refractivity contribution is 5.97. The van der Waals surface area contributed by atoms with Gasteiger partial charge in [0.1, 0.15) is 12.7 Å². The van der Waals surface area contributed by atoms with Crippen LogP contribution in [0.5, 0.6) is 0 Å². The van der Waals surface area contributed by atoms with Gasteiger partial charge in [0.2, 0.25) is 0 Å². The summed E-state index contributed by atoms with van der Waals surface area (Å²) in [6.45, 7) is 5.81. The third-order valence-electron chi connectivity index (χ3n) is 5.46. The summed E-state index contributed by atoms with van der Waals surface area (Å²) in [7, 11) is 0. The average molecular weight is 375 g/mol. The van der Waals surface area contributed by atoms with Gasteiger partial charge in [-0.15, -0.1) is 10.2 Å². The standard InChI is InChI=1S/C22H25N5O/c1-17-6-2-3-7-19(17)18-10-12-26(14-18)13-11-23-22(28)20-8-4-5-9-21(20)27-15-24-25-16-27/h2-9,15-16,18H,10-14H2,1H3,(H,23,28)/t18-/m1/s1. The minimum absolute atomic E-state index is 0.0704. The summed E-state index contributed by atoms with van der Waals surface area (Å²) in [5.74, 6) is 0.519. The molecule has 0 bridgehead atoms. The van der Waals surface area contributed by atoms with E-state index in [0.717, 1.165) is 25.3 Å². The Morgan fingerprint density at radius 3 is 2.68 bits per heavy atom. The van der Waals surface area contributed by atoms with E-state index in [-0.39, 0.29) is 5.91 Å². The molecule has 4 rings (SSSR count). The van der Waals surface area contributed by atoms with Gasteiger partial charge in [0.25, 0.3) is 5.91 Å². The molecule has 1 atom stereocenters. The van der Waals surface area contributed by atoms with Gasteiger partial charge >= 0.3 is 0 Å². The summed E-state index contributed by atoms with van der Waals surface area (Å²) >= 11 is 0. The lowest BCUT2D eigenvalue weighted by Gasteiger charge is -2.18. The van der Waals surface area contributed by atoms with Gasteiger partial charge in [0.15, 0.2) is 0 Å². The van der Waals surface area contributed by atoms with E-state index in [1.807, 2.05) is 24.3 Å². The number of hydrogen-bond donors (Lipinski definition) is 1. The minimum Gasteiger partial charge on any atom is -0.351 e. The molecule has 0 radical (unpaired) electrons. The number of rotatable bonds is 6. The number of nitrogens with zero attached hydrogens (tertiary/aromatic N) is 4.